The average Bonchev–Trinajstić information content (AvgIpc) is 2.89. The van der Waals surface area contributed by atoms with Gasteiger partial charge in [-0.15, -0.1) is 0 Å². The minimum absolute atomic E-state index is 0.295. The number of benzene rings is 1. The van der Waals surface area contributed by atoms with Gasteiger partial charge in [-0.1, -0.05) is 44.0 Å². The number of hydrogen-bond acceptors (Lipinski definition) is 1. The van der Waals surface area contributed by atoms with E-state index in [4.69, 9.17) is 0 Å². The monoisotopic (exact) mass is 280 g/mol. The molecule has 2 heteroatoms. The maximum atomic E-state index is 4.64. The SMILES string of the molecule is CCC1=Cc2c(cnn2-c2ccc(C)cc2)CC1(C)CC. The Kier molecular flexibility index (Phi) is 3.48. The zero-order valence-electron chi connectivity index (χ0n) is 13.5. The van der Waals surface area contributed by atoms with Crippen molar-refractivity contribution in [1.29, 1.82) is 0 Å². The Morgan fingerprint density at radius 1 is 1.19 bits per heavy atom. The third-order valence-electron chi connectivity index (χ3n) is 4.99. The van der Waals surface area contributed by atoms with Gasteiger partial charge in [0, 0.05) is 0 Å². The fourth-order valence-corrected chi connectivity index (χ4v) is 3.33. The Morgan fingerprint density at radius 3 is 2.52 bits per heavy atom. The van der Waals surface area contributed by atoms with E-state index < -0.39 is 0 Å². The highest BCUT2D eigenvalue weighted by atomic mass is 15.3. The third-order valence-corrected chi connectivity index (χ3v) is 4.99. The molecule has 0 saturated heterocycles. The highest BCUT2D eigenvalue weighted by Crippen LogP contribution is 2.42. The van der Waals surface area contributed by atoms with Crippen LogP contribution in [0.4, 0.5) is 0 Å². The lowest BCUT2D eigenvalue weighted by atomic mass is 9.70. The fraction of sp³-hybridized carbons (Fsp3) is 0.421. The van der Waals surface area contributed by atoms with Crippen LogP contribution in [-0.4, -0.2) is 9.78 Å². The van der Waals surface area contributed by atoms with Crippen LogP contribution in [0.15, 0.2) is 36.0 Å². The zero-order chi connectivity index (χ0) is 15.0. The normalized spacial score (nSPS) is 21.0. The van der Waals surface area contributed by atoms with E-state index in [-0.39, 0.29) is 0 Å². The summed E-state index contributed by atoms with van der Waals surface area (Å²) < 4.78 is 2.08. The van der Waals surface area contributed by atoms with Gasteiger partial charge in [-0.05, 0) is 55.4 Å². The number of aryl methyl sites for hydroxylation is 1. The Labute approximate surface area is 127 Å². The highest BCUT2D eigenvalue weighted by Gasteiger charge is 2.32. The van der Waals surface area contributed by atoms with Crippen molar-refractivity contribution >= 4 is 6.08 Å². The quantitative estimate of drug-likeness (QED) is 0.778. The molecule has 0 N–H and O–H groups in total. The van der Waals surface area contributed by atoms with Gasteiger partial charge in [0.05, 0.1) is 17.6 Å². The molecule has 2 nitrogen and oxygen atoms in total. The molecule has 1 atom stereocenters. The molecule has 1 aromatic carbocycles. The van der Waals surface area contributed by atoms with Crippen molar-refractivity contribution in [3.63, 3.8) is 0 Å². The third kappa shape index (κ3) is 2.33. The molecule has 0 spiro atoms. The van der Waals surface area contributed by atoms with Crippen LogP contribution in [0.25, 0.3) is 11.8 Å². The largest absolute Gasteiger partial charge is 0.233 e. The summed E-state index contributed by atoms with van der Waals surface area (Å²) in [5, 5.41) is 4.64. The van der Waals surface area contributed by atoms with Crippen molar-refractivity contribution in [2.24, 2.45) is 5.41 Å². The first-order chi connectivity index (χ1) is 10.1. The fourth-order valence-electron chi connectivity index (χ4n) is 3.33. The van der Waals surface area contributed by atoms with Gasteiger partial charge in [-0.25, -0.2) is 4.68 Å². The van der Waals surface area contributed by atoms with Gasteiger partial charge in [-0.2, -0.15) is 5.10 Å². The molecule has 1 aliphatic carbocycles. The zero-order valence-corrected chi connectivity index (χ0v) is 13.5. The molecule has 1 aromatic heterocycles. The molecule has 21 heavy (non-hydrogen) atoms. The summed E-state index contributed by atoms with van der Waals surface area (Å²) in [4.78, 5) is 0. The molecular formula is C19H24N2. The van der Waals surface area contributed by atoms with Gasteiger partial charge in [0.25, 0.3) is 0 Å². The molecular weight excluding hydrogens is 256 g/mol. The van der Waals surface area contributed by atoms with E-state index in [0.29, 0.717) is 5.41 Å². The Morgan fingerprint density at radius 2 is 1.90 bits per heavy atom. The second-order valence-electron chi connectivity index (χ2n) is 6.42. The lowest BCUT2D eigenvalue weighted by molar-refractivity contribution is 0.367. The standard InChI is InChI=1S/C19H24N2/c1-5-16-11-18-15(12-19(16,4)6-2)13-20-21(18)17-9-7-14(3)8-10-17/h7-11,13H,5-6,12H2,1-4H3. The van der Waals surface area contributed by atoms with Crippen LogP contribution >= 0.6 is 0 Å². The van der Waals surface area contributed by atoms with Crippen molar-refractivity contribution in [2.45, 2.75) is 47.0 Å². The smallest absolute Gasteiger partial charge is 0.0700 e. The molecule has 0 amide bonds. The van der Waals surface area contributed by atoms with Gasteiger partial charge in [0.15, 0.2) is 0 Å². The summed E-state index contributed by atoms with van der Waals surface area (Å²) in [7, 11) is 0. The lowest BCUT2D eigenvalue weighted by Gasteiger charge is -2.34. The molecule has 0 aliphatic heterocycles. The Bertz CT molecular complexity index is 676. The molecule has 1 heterocycles. The van der Waals surface area contributed by atoms with E-state index in [2.05, 4.69) is 67.8 Å². The lowest BCUT2D eigenvalue weighted by Crippen LogP contribution is -2.24. The van der Waals surface area contributed by atoms with Gasteiger partial charge >= 0.3 is 0 Å². The topological polar surface area (TPSA) is 17.8 Å². The van der Waals surface area contributed by atoms with Crippen molar-refractivity contribution in [2.75, 3.05) is 0 Å². The van der Waals surface area contributed by atoms with Crippen LogP contribution < -0.4 is 0 Å². The minimum Gasteiger partial charge on any atom is -0.233 e. The van der Waals surface area contributed by atoms with Crippen LogP contribution in [0.2, 0.25) is 0 Å². The summed E-state index contributed by atoms with van der Waals surface area (Å²) >= 11 is 0. The van der Waals surface area contributed by atoms with Gasteiger partial charge in [0.2, 0.25) is 0 Å². The summed E-state index contributed by atoms with van der Waals surface area (Å²) in [6, 6.07) is 8.59. The second-order valence-corrected chi connectivity index (χ2v) is 6.42. The molecule has 0 bridgehead atoms. The molecule has 0 saturated carbocycles. The van der Waals surface area contributed by atoms with Crippen LogP contribution in [0.5, 0.6) is 0 Å². The van der Waals surface area contributed by atoms with Crippen LogP contribution in [0.3, 0.4) is 0 Å². The number of allylic oxidation sites excluding steroid dienone is 1. The van der Waals surface area contributed by atoms with E-state index in [9.17, 15) is 0 Å². The van der Waals surface area contributed by atoms with E-state index in [1.54, 1.807) is 5.57 Å². The molecule has 0 fully saturated rings. The predicted molar refractivity (Wildman–Crippen MR) is 88.7 cm³/mol. The summed E-state index contributed by atoms with van der Waals surface area (Å²) in [6.07, 6.45) is 7.82. The number of fused-ring (bicyclic) bond motifs is 1. The molecule has 1 aliphatic rings. The van der Waals surface area contributed by atoms with Gasteiger partial charge in [0.1, 0.15) is 0 Å². The molecule has 1 unspecified atom stereocenters. The highest BCUT2D eigenvalue weighted by molar-refractivity contribution is 5.60. The Hall–Kier alpha value is -1.83. The Balaban J connectivity index is 2.09. The van der Waals surface area contributed by atoms with E-state index in [1.165, 1.54) is 23.2 Å². The molecule has 3 rings (SSSR count). The maximum absolute atomic E-state index is 4.64. The van der Waals surface area contributed by atoms with Crippen molar-refractivity contribution in [1.82, 2.24) is 9.78 Å². The summed E-state index contributed by atoms with van der Waals surface area (Å²) in [5.41, 5.74) is 6.91. The second kappa shape index (κ2) is 5.18. The minimum atomic E-state index is 0.295. The van der Waals surface area contributed by atoms with E-state index >= 15 is 0 Å². The van der Waals surface area contributed by atoms with Crippen molar-refractivity contribution in [3.8, 4) is 5.69 Å². The number of hydrogen-bond donors (Lipinski definition) is 0. The first-order valence-electron chi connectivity index (χ1n) is 7.92. The van der Waals surface area contributed by atoms with E-state index in [1.807, 2.05) is 6.20 Å². The van der Waals surface area contributed by atoms with Crippen LogP contribution in [-0.2, 0) is 6.42 Å². The molecule has 2 aromatic rings. The summed E-state index contributed by atoms with van der Waals surface area (Å²) in [6.45, 7) is 9.05. The van der Waals surface area contributed by atoms with Crippen molar-refractivity contribution < 1.29 is 0 Å². The predicted octanol–water partition coefficient (Wildman–Crippen LogP) is 4.95. The van der Waals surface area contributed by atoms with Crippen LogP contribution in [0.1, 0.15) is 50.4 Å². The van der Waals surface area contributed by atoms with E-state index in [0.717, 1.165) is 18.5 Å². The van der Waals surface area contributed by atoms with Crippen molar-refractivity contribution in [3.05, 3.63) is 52.9 Å². The number of nitrogens with zero attached hydrogens (tertiary/aromatic N) is 2. The first-order valence-corrected chi connectivity index (χ1v) is 7.92. The maximum Gasteiger partial charge on any atom is 0.0700 e. The summed E-state index contributed by atoms with van der Waals surface area (Å²) in [5.74, 6) is 0. The molecule has 0 radical (unpaired) electrons. The number of rotatable bonds is 3. The molecule has 110 valence electrons. The first kappa shape index (κ1) is 14.1. The van der Waals surface area contributed by atoms with Gasteiger partial charge in [-0.3, -0.25) is 0 Å². The average molecular weight is 280 g/mol. The van der Waals surface area contributed by atoms with Crippen LogP contribution in [0, 0.1) is 12.3 Å². The van der Waals surface area contributed by atoms with Gasteiger partial charge < -0.3 is 0 Å². The number of aromatic nitrogens is 2.